The molecule has 1 fully saturated rings. The van der Waals surface area contributed by atoms with Gasteiger partial charge in [0.05, 0.1) is 23.0 Å². The minimum Gasteiger partial charge on any atom is -0.488 e. The van der Waals surface area contributed by atoms with Crippen LogP contribution < -0.4 is 9.46 Å². The molecule has 1 saturated heterocycles. The number of nitrogens with zero attached hydrogens (tertiary/aromatic N) is 1. The van der Waals surface area contributed by atoms with Gasteiger partial charge in [-0.25, -0.2) is 25.6 Å². The van der Waals surface area contributed by atoms with Crippen molar-refractivity contribution in [1.82, 2.24) is 9.62 Å². The van der Waals surface area contributed by atoms with Gasteiger partial charge in [-0.3, -0.25) is 4.79 Å². The molecule has 0 spiro atoms. The molecule has 2 aliphatic rings. The number of hydrogen-bond donors (Lipinski definition) is 1. The Hall–Kier alpha value is -2.49. The zero-order valence-electron chi connectivity index (χ0n) is 18.6. The Labute approximate surface area is 213 Å². The van der Waals surface area contributed by atoms with E-state index in [2.05, 4.69) is 0 Å². The Morgan fingerprint density at radius 1 is 1.08 bits per heavy atom. The summed E-state index contributed by atoms with van der Waals surface area (Å²) in [5.74, 6) is -4.06. The molecule has 4 rings (SSSR count). The van der Waals surface area contributed by atoms with Crippen LogP contribution in [-0.4, -0.2) is 58.9 Å². The highest BCUT2D eigenvalue weighted by atomic mass is 35.5. The lowest BCUT2D eigenvalue weighted by molar-refractivity contribution is -0.136. The highest BCUT2D eigenvalue weighted by Gasteiger charge is 2.61. The first kappa shape index (κ1) is 27.5. The van der Waals surface area contributed by atoms with Crippen LogP contribution in [0.25, 0.3) is 0 Å². The van der Waals surface area contributed by atoms with Crippen molar-refractivity contribution in [2.24, 2.45) is 0 Å². The number of fused-ring (bicyclic) bond motifs is 3. The van der Waals surface area contributed by atoms with Gasteiger partial charge in [0.2, 0.25) is 5.91 Å². The number of benzene rings is 2. The van der Waals surface area contributed by atoms with Gasteiger partial charge >= 0.3 is 15.5 Å². The lowest BCUT2D eigenvalue weighted by atomic mass is 9.80. The average molecular weight is 589 g/mol. The summed E-state index contributed by atoms with van der Waals surface area (Å²) in [6, 6.07) is 4.74. The van der Waals surface area contributed by atoms with Gasteiger partial charge in [0.15, 0.2) is 21.4 Å². The number of sulfone groups is 1. The lowest BCUT2D eigenvalue weighted by Gasteiger charge is -2.51. The van der Waals surface area contributed by atoms with Gasteiger partial charge in [-0.2, -0.15) is 17.9 Å². The summed E-state index contributed by atoms with van der Waals surface area (Å²) in [5.41, 5.74) is -6.35. The predicted octanol–water partition coefficient (Wildman–Crippen LogP) is 3.11. The molecule has 2 aromatic rings. The summed E-state index contributed by atoms with van der Waals surface area (Å²) in [4.78, 5) is 13.4. The number of rotatable bonds is 5. The SMILES string of the molecule is O=C(CNS(=O)(=O)C(F)(F)F)N1CCCC2(S(=O)(=O)c3ccc(Cl)cc3)c3c(F)ccc(F)c3OCC12. The second-order valence-corrected chi connectivity index (χ2v) is 12.8. The van der Waals surface area contributed by atoms with Crippen LogP contribution in [0.15, 0.2) is 41.3 Å². The number of amides is 1. The maximum Gasteiger partial charge on any atom is 0.511 e. The van der Waals surface area contributed by atoms with E-state index in [1.165, 1.54) is 12.1 Å². The molecule has 202 valence electrons. The molecular weight excluding hydrogens is 571 g/mol. The maximum atomic E-state index is 15.3. The van der Waals surface area contributed by atoms with E-state index in [-0.39, 0.29) is 29.3 Å². The molecule has 8 nitrogen and oxygen atoms in total. The number of carbonyl (C=O) groups is 1. The van der Waals surface area contributed by atoms with Crippen molar-refractivity contribution in [3.8, 4) is 5.75 Å². The van der Waals surface area contributed by atoms with Crippen molar-refractivity contribution in [1.29, 1.82) is 0 Å². The van der Waals surface area contributed by atoms with Crippen LogP contribution in [0, 0.1) is 11.6 Å². The molecule has 2 aliphatic heterocycles. The minimum atomic E-state index is -5.88. The molecule has 16 heteroatoms. The summed E-state index contributed by atoms with van der Waals surface area (Å²) in [6.07, 6.45) is -0.381. The number of halogens is 6. The van der Waals surface area contributed by atoms with E-state index in [1.807, 2.05) is 0 Å². The molecule has 0 aliphatic carbocycles. The van der Waals surface area contributed by atoms with Crippen LogP contribution in [0.4, 0.5) is 22.0 Å². The fourth-order valence-electron chi connectivity index (χ4n) is 4.74. The molecule has 0 aromatic heterocycles. The first-order valence-corrected chi connectivity index (χ1v) is 13.9. The summed E-state index contributed by atoms with van der Waals surface area (Å²) in [7, 11) is -10.5. The van der Waals surface area contributed by atoms with Crippen molar-refractivity contribution in [2.75, 3.05) is 19.7 Å². The second kappa shape index (κ2) is 9.36. The van der Waals surface area contributed by atoms with Crippen LogP contribution in [0.2, 0.25) is 5.02 Å². The molecular formula is C21H18ClF5N2O6S2. The number of likely N-dealkylation sites (tertiary alicyclic amines) is 1. The van der Waals surface area contributed by atoms with Gasteiger partial charge in [-0.1, -0.05) is 11.6 Å². The first-order valence-electron chi connectivity index (χ1n) is 10.6. The van der Waals surface area contributed by atoms with Gasteiger partial charge in [-0.05, 0) is 49.2 Å². The molecule has 2 atom stereocenters. The normalized spacial score (nSPS) is 22.1. The van der Waals surface area contributed by atoms with Gasteiger partial charge in [0.25, 0.3) is 0 Å². The van der Waals surface area contributed by atoms with Crippen LogP contribution in [-0.2, 0) is 29.4 Å². The summed E-state index contributed by atoms with van der Waals surface area (Å²) in [6.45, 7) is -2.21. The molecule has 1 amide bonds. The lowest BCUT2D eigenvalue weighted by Crippen LogP contribution is -2.65. The fourth-order valence-corrected chi connectivity index (χ4v) is 7.69. The van der Waals surface area contributed by atoms with E-state index in [0.717, 1.165) is 27.8 Å². The van der Waals surface area contributed by atoms with Crippen molar-refractivity contribution in [3.63, 3.8) is 0 Å². The zero-order chi connectivity index (χ0) is 27.4. The molecule has 1 N–H and O–H groups in total. The van der Waals surface area contributed by atoms with Crippen LogP contribution in [0.5, 0.6) is 5.75 Å². The standard InChI is InChI=1S/C21H18ClF5N2O6S2/c22-12-2-4-13(5-3-12)36(31,32)20-8-1-9-29(17(30)10-28-37(33,34)21(25,26)27)16(20)11-35-19-15(24)7-6-14(23)18(19)20/h2-7,16,28H,1,8-11H2. The molecule has 0 bridgehead atoms. The molecule has 2 heterocycles. The summed E-state index contributed by atoms with van der Waals surface area (Å²) < 4.78 is 123. The second-order valence-electron chi connectivity index (χ2n) is 8.37. The number of hydrogen-bond acceptors (Lipinski definition) is 6. The Kier molecular flexibility index (Phi) is 6.97. The molecule has 37 heavy (non-hydrogen) atoms. The number of nitrogens with one attached hydrogen (secondary N) is 1. The number of carbonyl (C=O) groups excluding carboxylic acids is 1. The molecule has 0 saturated carbocycles. The number of piperidine rings is 1. The van der Waals surface area contributed by atoms with E-state index in [4.69, 9.17) is 16.3 Å². The third-order valence-electron chi connectivity index (χ3n) is 6.37. The number of ether oxygens (including phenoxy) is 1. The summed E-state index contributed by atoms with van der Waals surface area (Å²) in [5, 5.41) is 0.190. The Bertz CT molecular complexity index is 1450. The smallest absolute Gasteiger partial charge is 0.488 e. The van der Waals surface area contributed by atoms with Gasteiger partial charge in [-0.15, -0.1) is 0 Å². The summed E-state index contributed by atoms with van der Waals surface area (Å²) >= 11 is 5.87. The van der Waals surface area contributed by atoms with E-state index in [1.54, 1.807) is 0 Å². The first-order chi connectivity index (χ1) is 17.1. The van der Waals surface area contributed by atoms with E-state index >= 15 is 4.39 Å². The van der Waals surface area contributed by atoms with Crippen LogP contribution in [0.1, 0.15) is 18.4 Å². The van der Waals surface area contributed by atoms with Crippen molar-refractivity contribution >= 4 is 37.4 Å². The largest absolute Gasteiger partial charge is 0.511 e. The Morgan fingerprint density at radius 2 is 1.70 bits per heavy atom. The third-order valence-corrected chi connectivity index (χ3v) is 10.3. The molecule has 2 unspecified atom stereocenters. The quantitative estimate of drug-likeness (QED) is 0.538. The fraction of sp³-hybridized carbons (Fsp3) is 0.381. The Balaban J connectivity index is 1.85. The molecule has 2 aromatic carbocycles. The monoisotopic (exact) mass is 588 g/mol. The third kappa shape index (κ3) is 4.45. The van der Waals surface area contributed by atoms with Crippen LogP contribution >= 0.6 is 11.6 Å². The van der Waals surface area contributed by atoms with Crippen molar-refractivity contribution in [3.05, 3.63) is 58.6 Å². The van der Waals surface area contributed by atoms with Gasteiger partial charge < -0.3 is 9.64 Å². The number of sulfonamides is 1. The maximum absolute atomic E-state index is 15.3. The van der Waals surface area contributed by atoms with Crippen molar-refractivity contribution in [2.45, 2.75) is 34.0 Å². The predicted molar refractivity (Wildman–Crippen MR) is 120 cm³/mol. The number of alkyl halides is 3. The van der Waals surface area contributed by atoms with Crippen LogP contribution in [0.3, 0.4) is 0 Å². The van der Waals surface area contributed by atoms with E-state index in [9.17, 15) is 39.2 Å². The van der Waals surface area contributed by atoms with E-state index in [0.29, 0.717) is 6.07 Å². The zero-order valence-corrected chi connectivity index (χ0v) is 20.9. The highest BCUT2D eigenvalue weighted by molar-refractivity contribution is 7.92. The molecule has 0 radical (unpaired) electrons. The van der Waals surface area contributed by atoms with Gasteiger partial charge in [0.1, 0.15) is 17.2 Å². The van der Waals surface area contributed by atoms with Crippen molar-refractivity contribution < 1.29 is 48.3 Å². The minimum absolute atomic E-state index is 0.0868. The van der Waals surface area contributed by atoms with E-state index < -0.39 is 78.2 Å². The highest BCUT2D eigenvalue weighted by Crippen LogP contribution is 2.53. The average Bonchev–Trinajstić information content (AvgIpc) is 2.83. The van der Waals surface area contributed by atoms with Gasteiger partial charge in [0, 0.05) is 11.6 Å². The topological polar surface area (TPSA) is 110 Å². The Morgan fingerprint density at radius 3 is 2.32 bits per heavy atom.